The van der Waals surface area contributed by atoms with E-state index in [9.17, 15) is 19.2 Å². The van der Waals surface area contributed by atoms with Crippen LogP contribution in [0, 0.1) is 0 Å². The van der Waals surface area contributed by atoms with Crippen molar-refractivity contribution in [2.75, 3.05) is 14.2 Å². The largest absolute Gasteiger partial charge is 0.465 e. The second kappa shape index (κ2) is 14.4. The topological polar surface area (TPSA) is 86.7 Å². The van der Waals surface area contributed by atoms with E-state index in [1.54, 1.807) is 48.5 Å². The summed E-state index contributed by atoms with van der Waals surface area (Å²) >= 11 is 0. The van der Waals surface area contributed by atoms with E-state index >= 15 is 0 Å². The molecular formula is C22H22O6. The average molecular weight is 382 g/mol. The molecule has 6 nitrogen and oxygen atoms in total. The van der Waals surface area contributed by atoms with E-state index in [4.69, 9.17) is 0 Å². The number of benzene rings is 2. The monoisotopic (exact) mass is 382 g/mol. The van der Waals surface area contributed by atoms with E-state index in [0.717, 1.165) is 12.2 Å². The molecule has 0 radical (unpaired) electrons. The molecule has 2 rings (SSSR count). The number of ether oxygens (including phenoxy) is 2. The van der Waals surface area contributed by atoms with Crippen LogP contribution in [0.2, 0.25) is 0 Å². The summed E-state index contributed by atoms with van der Waals surface area (Å²) in [5, 5.41) is 0. The standard InChI is InChI=1S/2C8H8O2.C6H6O2/c2*1-10-8(9)7-5-3-2-4-6-7;1-3-5(7)6(8)4-2/h2*2-6H,1H3;3-4H,1-2H2. The minimum absolute atomic E-state index is 0.291. The van der Waals surface area contributed by atoms with Crippen LogP contribution in [0.15, 0.2) is 86.0 Å². The van der Waals surface area contributed by atoms with E-state index in [1.165, 1.54) is 14.2 Å². The first kappa shape index (κ1) is 24.2. The van der Waals surface area contributed by atoms with Gasteiger partial charge >= 0.3 is 11.9 Å². The fourth-order valence-electron chi connectivity index (χ4n) is 1.59. The SMILES string of the molecule is C=CC(=O)C(=O)C=C.COC(=O)c1ccccc1.COC(=O)c1ccccc1. The molecule has 0 aliphatic carbocycles. The van der Waals surface area contributed by atoms with Crippen LogP contribution >= 0.6 is 0 Å². The molecule has 2 aromatic carbocycles. The normalized spacial score (nSPS) is 8.50. The predicted octanol–water partition coefficient (Wildman–Crippen LogP) is 3.44. The summed E-state index contributed by atoms with van der Waals surface area (Å²) in [7, 11) is 2.74. The minimum atomic E-state index is -0.611. The molecule has 0 atom stereocenters. The van der Waals surface area contributed by atoms with Crippen LogP contribution in [0.1, 0.15) is 20.7 Å². The summed E-state index contributed by atoms with van der Waals surface area (Å²) in [5.74, 6) is -1.80. The van der Waals surface area contributed by atoms with Crippen molar-refractivity contribution < 1.29 is 28.7 Å². The number of rotatable bonds is 5. The molecule has 0 amide bonds. The van der Waals surface area contributed by atoms with Crippen molar-refractivity contribution in [1.29, 1.82) is 0 Å². The zero-order chi connectivity index (χ0) is 21.4. The molecule has 28 heavy (non-hydrogen) atoms. The van der Waals surface area contributed by atoms with Gasteiger partial charge in [0, 0.05) is 0 Å². The summed E-state index contributed by atoms with van der Waals surface area (Å²) in [6.45, 7) is 6.22. The molecular weight excluding hydrogens is 360 g/mol. The maximum atomic E-state index is 10.8. The highest BCUT2D eigenvalue weighted by atomic mass is 16.5. The highest BCUT2D eigenvalue weighted by Gasteiger charge is 2.02. The van der Waals surface area contributed by atoms with E-state index in [-0.39, 0.29) is 11.9 Å². The number of allylic oxidation sites excluding steroid dienone is 2. The van der Waals surface area contributed by atoms with Gasteiger partial charge < -0.3 is 9.47 Å². The summed E-state index contributed by atoms with van der Waals surface area (Å²) in [6, 6.07) is 17.8. The van der Waals surface area contributed by atoms with Crippen LogP contribution in [0.3, 0.4) is 0 Å². The Labute approximate surface area is 164 Å². The number of hydrogen-bond acceptors (Lipinski definition) is 6. The highest BCUT2D eigenvalue weighted by Crippen LogP contribution is 1.99. The van der Waals surface area contributed by atoms with Crippen molar-refractivity contribution in [3.8, 4) is 0 Å². The number of carbonyl (C=O) groups excluding carboxylic acids is 4. The van der Waals surface area contributed by atoms with Gasteiger partial charge in [0.1, 0.15) is 0 Å². The summed E-state index contributed by atoms with van der Waals surface area (Å²) in [5.41, 5.74) is 1.18. The van der Waals surface area contributed by atoms with Gasteiger partial charge in [0.05, 0.1) is 25.3 Å². The Bertz CT molecular complexity index is 725. The van der Waals surface area contributed by atoms with Gasteiger partial charge in [-0.05, 0) is 36.4 Å². The van der Waals surface area contributed by atoms with Gasteiger partial charge in [-0.1, -0.05) is 49.6 Å². The molecule has 146 valence electrons. The van der Waals surface area contributed by atoms with Crippen LogP contribution in [0.25, 0.3) is 0 Å². The Hall–Kier alpha value is -3.80. The lowest BCUT2D eigenvalue weighted by atomic mass is 10.2. The first-order valence-electron chi connectivity index (χ1n) is 8.01. The fourth-order valence-corrected chi connectivity index (χ4v) is 1.59. The second-order valence-corrected chi connectivity index (χ2v) is 4.85. The molecule has 0 aliphatic rings. The third-order valence-corrected chi connectivity index (χ3v) is 3.00. The van der Waals surface area contributed by atoms with Gasteiger partial charge in [0.2, 0.25) is 11.6 Å². The van der Waals surface area contributed by atoms with E-state index in [2.05, 4.69) is 22.6 Å². The van der Waals surface area contributed by atoms with Crippen LogP contribution < -0.4 is 0 Å². The predicted molar refractivity (Wildman–Crippen MR) is 106 cm³/mol. The summed E-state index contributed by atoms with van der Waals surface area (Å²) in [6.07, 6.45) is 1.92. The van der Waals surface area contributed by atoms with Gasteiger partial charge in [-0.3, -0.25) is 9.59 Å². The fraction of sp³-hybridized carbons (Fsp3) is 0.0909. The number of hydrogen-bond donors (Lipinski definition) is 0. The van der Waals surface area contributed by atoms with Gasteiger partial charge in [-0.2, -0.15) is 0 Å². The number of ketones is 2. The Morgan fingerprint density at radius 2 is 0.929 bits per heavy atom. The third-order valence-electron chi connectivity index (χ3n) is 3.00. The van der Waals surface area contributed by atoms with Crippen LogP contribution in [-0.2, 0) is 19.1 Å². The molecule has 0 bridgehead atoms. The second-order valence-electron chi connectivity index (χ2n) is 4.85. The zero-order valence-electron chi connectivity index (χ0n) is 15.8. The number of esters is 2. The van der Waals surface area contributed by atoms with E-state index in [1.807, 2.05) is 12.1 Å². The molecule has 0 aromatic heterocycles. The van der Waals surface area contributed by atoms with Gasteiger partial charge in [0.15, 0.2) is 0 Å². The lowest BCUT2D eigenvalue weighted by Gasteiger charge is -1.95. The summed E-state index contributed by atoms with van der Waals surface area (Å²) in [4.78, 5) is 42.0. The first-order valence-corrected chi connectivity index (χ1v) is 8.01. The van der Waals surface area contributed by atoms with E-state index < -0.39 is 11.6 Å². The molecule has 0 unspecified atom stereocenters. The molecule has 0 spiro atoms. The molecule has 6 heteroatoms. The van der Waals surface area contributed by atoms with Crippen molar-refractivity contribution in [3.63, 3.8) is 0 Å². The van der Waals surface area contributed by atoms with Crippen molar-refractivity contribution >= 4 is 23.5 Å². The highest BCUT2D eigenvalue weighted by molar-refractivity contribution is 6.45. The Morgan fingerprint density at radius 3 is 1.14 bits per heavy atom. The Balaban J connectivity index is 0.000000394. The van der Waals surface area contributed by atoms with Crippen LogP contribution in [-0.4, -0.2) is 37.7 Å². The van der Waals surface area contributed by atoms with Gasteiger partial charge in [0.25, 0.3) is 0 Å². The smallest absolute Gasteiger partial charge is 0.337 e. The Morgan fingerprint density at radius 1 is 0.643 bits per heavy atom. The third kappa shape index (κ3) is 9.62. The Kier molecular flexibility index (Phi) is 12.4. The van der Waals surface area contributed by atoms with Crippen molar-refractivity contribution in [3.05, 3.63) is 97.1 Å². The van der Waals surface area contributed by atoms with Gasteiger partial charge in [-0.15, -0.1) is 0 Å². The zero-order valence-corrected chi connectivity index (χ0v) is 15.8. The first-order chi connectivity index (χ1) is 13.4. The van der Waals surface area contributed by atoms with Crippen molar-refractivity contribution in [1.82, 2.24) is 0 Å². The van der Waals surface area contributed by atoms with Gasteiger partial charge in [-0.25, -0.2) is 9.59 Å². The summed E-state index contributed by atoms with van der Waals surface area (Å²) < 4.78 is 8.99. The molecule has 0 fully saturated rings. The van der Waals surface area contributed by atoms with Crippen molar-refractivity contribution in [2.45, 2.75) is 0 Å². The molecule has 0 saturated carbocycles. The van der Waals surface area contributed by atoms with Crippen LogP contribution in [0.5, 0.6) is 0 Å². The molecule has 0 aliphatic heterocycles. The molecule has 0 N–H and O–H groups in total. The molecule has 0 heterocycles. The maximum Gasteiger partial charge on any atom is 0.337 e. The number of carbonyl (C=O) groups is 4. The lowest BCUT2D eigenvalue weighted by Crippen LogP contribution is -2.05. The van der Waals surface area contributed by atoms with Crippen LogP contribution in [0.4, 0.5) is 0 Å². The van der Waals surface area contributed by atoms with E-state index in [0.29, 0.717) is 11.1 Å². The molecule has 2 aromatic rings. The molecule has 0 saturated heterocycles. The maximum absolute atomic E-state index is 10.8. The van der Waals surface area contributed by atoms with Crippen molar-refractivity contribution in [2.24, 2.45) is 0 Å². The average Bonchev–Trinajstić information content (AvgIpc) is 2.78. The number of methoxy groups -OCH3 is 2. The lowest BCUT2D eigenvalue weighted by molar-refractivity contribution is -0.130. The quantitative estimate of drug-likeness (QED) is 0.447. The minimum Gasteiger partial charge on any atom is -0.465 e.